The summed E-state index contributed by atoms with van der Waals surface area (Å²) in [6, 6.07) is 13.0. The molecule has 0 atom stereocenters. The predicted octanol–water partition coefficient (Wildman–Crippen LogP) is 2.68. The van der Waals surface area contributed by atoms with Crippen molar-refractivity contribution in [2.45, 2.75) is 6.42 Å². The third-order valence-electron chi connectivity index (χ3n) is 2.78. The van der Waals surface area contributed by atoms with Gasteiger partial charge in [0.25, 0.3) is 0 Å². The first kappa shape index (κ1) is 15.2. The molecule has 1 aromatic carbocycles. The number of hydrogen-bond donors (Lipinski definition) is 1. The number of rotatable bonds is 3. The smallest absolute Gasteiger partial charge is 0.307 e. The lowest BCUT2D eigenvalue weighted by atomic mass is 10.1. The summed E-state index contributed by atoms with van der Waals surface area (Å²) >= 11 is 1.32. The normalized spacial score (nSPS) is 11.3. The van der Waals surface area contributed by atoms with Crippen LogP contribution in [0.4, 0.5) is 5.69 Å². The summed E-state index contributed by atoms with van der Waals surface area (Å²) in [4.78, 5) is 15.9. The Bertz CT molecular complexity index is 824. The summed E-state index contributed by atoms with van der Waals surface area (Å²) in [5.74, 6) is -0.835. The molecule has 0 unspecified atom stereocenters. The van der Waals surface area contributed by atoms with Crippen LogP contribution in [-0.4, -0.2) is 19.9 Å². The second kappa shape index (κ2) is 6.51. The van der Waals surface area contributed by atoms with Crippen molar-refractivity contribution >= 4 is 41.2 Å². The number of carboxylic acid groups (broad SMARTS) is 1. The first-order valence-electron chi connectivity index (χ1n) is 6.01. The fourth-order valence-corrected chi connectivity index (χ4v) is 2.56. The maximum Gasteiger partial charge on any atom is 0.307 e. The maximum atomic E-state index is 10.6. The van der Waals surface area contributed by atoms with E-state index in [4.69, 9.17) is 5.11 Å². The molecular formula is C14H12ClN3O2S. The Hall–Kier alpha value is -2.18. The summed E-state index contributed by atoms with van der Waals surface area (Å²) in [6.45, 7) is 0. The minimum Gasteiger partial charge on any atom is -0.481 e. The van der Waals surface area contributed by atoms with Gasteiger partial charge in [-0.25, -0.2) is 4.99 Å². The minimum absolute atomic E-state index is 0. The van der Waals surface area contributed by atoms with Crippen molar-refractivity contribution in [2.24, 2.45) is 4.99 Å². The van der Waals surface area contributed by atoms with E-state index in [9.17, 15) is 4.79 Å². The fraction of sp³-hybridized carbons (Fsp3) is 0.0714. The van der Waals surface area contributed by atoms with Gasteiger partial charge in [-0.15, -0.1) is 12.4 Å². The lowest BCUT2D eigenvalue weighted by molar-refractivity contribution is -0.136. The molecular weight excluding hydrogens is 310 g/mol. The van der Waals surface area contributed by atoms with Crippen LogP contribution in [0.2, 0.25) is 0 Å². The molecule has 0 saturated heterocycles. The summed E-state index contributed by atoms with van der Waals surface area (Å²) in [7, 11) is 0. The second-order valence-electron chi connectivity index (χ2n) is 4.24. The molecule has 108 valence electrons. The van der Waals surface area contributed by atoms with Gasteiger partial charge in [0, 0.05) is 17.7 Å². The van der Waals surface area contributed by atoms with Crippen molar-refractivity contribution in [2.75, 3.05) is 0 Å². The molecule has 3 aromatic rings. The van der Waals surface area contributed by atoms with Crippen LogP contribution in [-0.2, 0) is 11.2 Å². The number of aliphatic carboxylic acids is 1. The Morgan fingerprint density at radius 2 is 2.00 bits per heavy atom. The van der Waals surface area contributed by atoms with Crippen LogP contribution < -0.4 is 4.80 Å². The topological polar surface area (TPSA) is 67.0 Å². The van der Waals surface area contributed by atoms with Gasteiger partial charge < -0.3 is 5.11 Å². The number of pyridine rings is 1. The first-order valence-corrected chi connectivity index (χ1v) is 6.78. The van der Waals surface area contributed by atoms with Crippen LogP contribution in [0.15, 0.2) is 53.7 Å². The van der Waals surface area contributed by atoms with Crippen LogP contribution in [0, 0.1) is 0 Å². The van der Waals surface area contributed by atoms with Crippen molar-refractivity contribution in [3.8, 4) is 0 Å². The Balaban J connectivity index is 0.00000161. The SMILES string of the molecule is Cl.O=C(O)Cc1ccc(N=c2snc3ccccn23)cc1. The summed E-state index contributed by atoms with van der Waals surface area (Å²) in [5, 5.41) is 8.73. The fourth-order valence-electron chi connectivity index (χ4n) is 1.85. The summed E-state index contributed by atoms with van der Waals surface area (Å²) in [6.07, 6.45) is 1.94. The number of benzene rings is 1. The van der Waals surface area contributed by atoms with Gasteiger partial charge in [0.15, 0.2) is 5.65 Å². The second-order valence-corrected chi connectivity index (χ2v) is 4.97. The molecule has 0 aliphatic carbocycles. The van der Waals surface area contributed by atoms with Crippen LogP contribution in [0.3, 0.4) is 0 Å². The van der Waals surface area contributed by atoms with Crippen molar-refractivity contribution in [1.29, 1.82) is 0 Å². The van der Waals surface area contributed by atoms with Crippen LogP contribution in [0.1, 0.15) is 5.56 Å². The van der Waals surface area contributed by atoms with Crippen LogP contribution >= 0.6 is 23.9 Å². The Morgan fingerprint density at radius 1 is 1.24 bits per heavy atom. The number of carboxylic acids is 1. The molecule has 2 aromatic heterocycles. The molecule has 0 fully saturated rings. The van der Waals surface area contributed by atoms with Crippen molar-refractivity contribution in [3.05, 3.63) is 59.0 Å². The van der Waals surface area contributed by atoms with E-state index in [0.29, 0.717) is 0 Å². The average Bonchev–Trinajstić information content (AvgIpc) is 2.84. The van der Waals surface area contributed by atoms with E-state index >= 15 is 0 Å². The zero-order chi connectivity index (χ0) is 13.9. The van der Waals surface area contributed by atoms with Gasteiger partial charge in [0.1, 0.15) is 0 Å². The Kier molecular flexibility index (Phi) is 4.72. The number of fused-ring (bicyclic) bond motifs is 1. The first-order chi connectivity index (χ1) is 9.72. The van der Waals surface area contributed by atoms with Crippen molar-refractivity contribution in [3.63, 3.8) is 0 Å². The van der Waals surface area contributed by atoms with Gasteiger partial charge >= 0.3 is 5.97 Å². The molecule has 0 saturated carbocycles. The maximum absolute atomic E-state index is 10.6. The molecule has 7 heteroatoms. The van der Waals surface area contributed by atoms with Crippen molar-refractivity contribution in [1.82, 2.24) is 8.77 Å². The molecule has 0 aliphatic rings. The Morgan fingerprint density at radius 3 is 2.71 bits per heavy atom. The quantitative estimate of drug-likeness (QED) is 0.806. The largest absolute Gasteiger partial charge is 0.481 e. The van der Waals surface area contributed by atoms with E-state index < -0.39 is 5.97 Å². The zero-order valence-electron chi connectivity index (χ0n) is 10.8. The number of carbonyl (C=O) groups is 1. The van der Waals surface area contributed by atoms with E-state index in [1.54, 1.807) is 12.1 Å². The lowest BCUT2D eigenvalue weighted by Gasteiger charge is -1.97. The third-order valence-corrected chi connectivity index (χ3v) is 3.51. The number of nitrogens with zero attached hydrogens (tertiary/aromatic N) is 3. The minimum atomic E-state index is -0.835. The predicted molar refractivity (Wildman–Crippen MR) is 83.3 cm³/mol. The van der Waals surface area contributed by atoms with Gasteiger partial charge in [0.05, 0.1) is 12.1 Å². The Labute approximate surface area is 130 Å². The van der Waals surface area contributed by atoms with E-state index in [1.165, 1.54) is 11.5 Å². The van der Waals surface area contributed by atoms with Crippen LogP contribution in [0.5, 0.6) is 0 Å². The highest BCUT2D eigenvalue weighted by Gasteiger charge is 2.01. The van der Waals surface area contributed by atoms with Gasteiger partial charge in [-0.2, -0.15) is 4.37 Å². The van der Waals surface area contributed by atoms with Gasteiger partial charge in [-0.1, -0.05) is 18.2 Å². The monoisotopic (exact) mass is 321 g/mol. The standard InChI is InChI=1S/C14H11N3O2S.ClH/c18-13(19)9-10-4-6-11(7-5-10)15-14-17-8-2-1-3-12(17)16-20-14;/h1-8H,9H2,(H,18,19);1H. The molecule has 0 amide bonds. The zero-order valence-corrected chi connectivity index (χ0v) is 12.5. The molecule has 1 N–H and O–H groups in total. The van der Waals surface area contributed by atoms with E-state index in [1.807, 2.05) is 40.9 Å². The molecule has 3 rings (SSSR count). The number of halogens is 1. The lowest BCUT2D eigenvalue weighted by Crippen LogP contribution is -2.04. The van der Waals surface area contributed by atoms with E-state index in [-0.39, 0.29) is 18.8 Å². The molecule has 2 heterocycles. The average molecular weight is 322 g/mol. The summed E-state index contributed by atoms with van der Waals surface area (Å²) < 4.78 is 6.22. The highest BCUT2D eigenvalue weighted by Crippen LogP contribution is 2.13. The molecule has 0 radical (unpaired) electrons. The highest BCUT2D eigenvalue weighted by atomic mass is 35.5. The van der Waals surface area contributed by atoms with Gasteiger partial charge in [-0.05, 0) is 29.8 Å². The molecule has 5 nitrogen and oxygen atoms in total. The molecule has 0 aliphatic heterocycles. The van der Waals surface area contributed by atoms with Crippen LogP contribution in [0.25, 0.3) is 5.65 Å². The third kappa shape index (κ3) is 3.48. The number of hydrogen-bond acceptors (Lipinski definition) is 4. The number of aromatic nitrogens is 2. The molecule has 21 heavy (non-hydrogen) atoms. The molecule has 0 spiro atoms. The molecule has 0 bridgehead atoms. The van der Waals surface area contributed by atoms with E-state index in [0.717, 1.165) is 21.7 Å². The van der Waals surface area contributed by atoms with Gasteiger partial charge in [-0.3, -0.25) is 9.20 Å². The summed E-state index contributed by atoms with van der Waals surface area (Å²) in [5.41, 5.74) is 2.40. The highest BCUT2D eigenvalue weighted by molar-refractivity contribution is 7.03. The van der Waals surface area contributed by atoms with E-state index in [2.05, 4.69) is 9.37 Å². The van der Waals surface area contributed by atoms with Gasteiger partial charge in [0.2, 0.25) is 4.80 Å². The van der Waals surface area contributed by atoms with Crippen molar-refractivity contribution < 1.29 is 9.90 Å².